The molecule has 2 N–H and O–H groups in total. The maximum Gasteiger partial charge on any atom is 0.446 e. The van der Waals surface area contributed by atoms with Gasteiger partial charge in [0.1, 0.15) is 5.58 Å². The van der Waals surface area contributed by atoms with E-state index in [0.29, 0.717) is 5.56 Å². The van der Waals surface area contributed by atoms with Crippen LogP contribution in [-0.2, 0) is 20.8 Å². The smallest absolute Gasteiger partial charge is 0.423 e. The Morgan fingerprint density at radius 2 is 1.38 bits per heavy atom. The van der Waals surface area contributed by atoms with E-state index in [1.54, 1.807) is 0 Å². The Balaban J connectivity index is 0.00000264. The predicted octanol–water partition coefficient (Wildman–Crippen LogP) is -0.297. The zero-order chi connectivity index (χ0) is 16.7. The van der Waals surface area contributed by atoms with Crippen molar-refractivity contribution in [2.75, 3.05) is 0 Å². The molecule has 1 heterocycles. The van der Waals surface area contributed by atoms with Gasteiger partial charge in [-0.25, -0.2) is 4.79 Å². The number of fused-ring (bicyclic) bond motifs is 1. The van der Waals surface area contributed by atoms with Crippen LogP contribution >= 0.6 is 0 Å². The third-order valence-electron chi connectivity index (χ3n) is 2.41. The summed E-state index contributed by atoms with van der Waals surface area (Å²) >= 11 is 0. The molecule has 14 heteroatoms. The van der Waals surface area contributed by atoms with Crippen molar-refractivity contribution < 1.29 is 38.7 Å². The molecule has 0 atom stereocenters. The van der Waals surface area contributed by atoms with Crippen LogP contribution in [0.25, 0.3) is 11.0 Å². The first-order valence-corrected chi connectivity index (χ1v) is 8.10. The normalized spacial score (nSPS) is 11.3. The maximum absolute atomic E-state index is 11.3. The summed E-state index contributed by atoms with van der Waals surface area (Å²) in [5.41, 5.74) is -0.526. The van der Waals surface area contributed by atoms with E-state index in [2.05, 4.69) is 8.37 Å². The van der Waals surface area contributed by atoms with Gasteiger partial charge in [0, 0.05) is 76.6 Å². The molecule has 0 saturated carbocycles. The van der Waals surface area contributed by atoms with Crippen molar-refractivity contribution >= 4 is 90.9 Å². The van der Waals surface area contributed by atoms with E-state index in [-0.39, 0.29) is 70.1 Å². The van der Waals surface area contributed by atoms with Crippen LogP contribution in [0.3, 0.4) is 0 Å². The molecule has 1 aromatic carbocycles. The van der Waals surface area contributed by atoms with Gasteiger partial charge in [0.25, 0.3) is 0 Å². The van der Waals surface area contributed by atoms with Gasteiger partial charge in [-0.15, -0.1) is 0 Å². The summed E-state index contributed by atoms with van der Waals surface area (Å²) in [5, 5.41) is 0.195. The van der Waals surface area contributed by atoms with E-state index >= 15 is 0 Å². The van der Waals surface area contributed by atoms with Crippen LogP contribution in [0.1, 0.15) is 5.56 Å². The minimum atomic E-state index is -5.02. The van der Waals surface area contributed by atoms with Crippen LogP contribution in [0.2, 0.25) is 0 Å². The molecule has 0 saturated heterocycles. The average Bonchev–Trinajstić information content (AvgIpc) is 2.26. The summed E-state index contributed by atoms with van der Waals surface area (Å²) in [7, 11) is -10.0. The SMILES string of the molecule is Cc1cc(=O)oc2cc(OS(=O)(=O)O)c(OS(=O)(=O)O)cc12.[Na].[Na]. The molecule has 122 valence electrons. The Bertz CT molecular complexity index is 1010. The van der Waals surface area contributed by atoms with Gasteiger partial charge in [-0.2, -0.15) is 16.8 Å². The summed E-state index contributed by atoms with van der Waals surface area (Å²) in [5.74, 6) is -1.54. The molecule has 0 bridgehead atoms. The Hall–Kier alpha value is -0.150. The molecular weight excluding hydrogens is 390 g/mol. The third-order valence-corrected chi connectivity index (χ3v) is 3.19. The van der Waals surface area contributed by atoms with Gasteiger partial charge < -0.3 is 12.8 Å². The number of rotatable bonds is 4. The molecule has 24 heavy (non-hydrogen) atoms. The monoisotopic (exact) mass is 398 g/mol. The molecule has 0 fully saturated rings. The van der Waals surface area contributed by atoms with Gasteiger partial charge in [-0.05, 0) is 18.6 Å². The van der Waals surface area contributed by atoms with Crippen molar-refractivity contribution in [3.05, 3.63) is 34.2 Å². The van der Waals surface area contributed by atoms with Crippen LogP contribution in [-0.4, -0.2) is 85.1 Å². The molecular formula is C10H8Na2O10S2. The largest absolute Gasteiger partial charge is 0.446 e. The quantitative estimate of drug-likeness (QED) is 0.398. The number of aryl methyl sites for hydroxylation is 1. The fourth-order valence-corrected chi connectivity index (χ4v) is 2.40. The van der Waals surface area contributed by atoms with E-state index in [1.165, 1.54) is 6.92 Å². The molecule has 2 aromatic rings. The molecule has 10 nitrogen and oxygen atoms in total. The van der Waals surface area contributed by atoms with E-state index < -0.39 is 37.9 Å². The second kappa shape index (κ2) is 8.49. The summed E-state index contributed by atoms with van der Waals surface area (Å²) in [6, 6.07) is 2.88. The van der Waals surface area contributed by atoms with Crippen molar-refractivity contribution in [2.24, 2.45) is 0 Å². The van der Waals surface area contributed by atoms with Gasteiger partial charge in [0.2, 0.25) is 0 Å². The molecule has 0 spiro atoms. The molecule has 1 aromatic heterocycles. The van der Waals surface area contributed by atoms with Crippen LogP contribution < -0.4 is 14.0 Å². The Kier molecular flexibility index (Phi) is 8.44. The third kappa shape index (κ3) is 6.63. The van der Waals surface area contributed by atoms with Gasteiger partial charge >= 0.3 is 26.4 Å². The number of hydrogen-bond acceptors (Lipinski definition) is 8. The fraction of sp³-hybridized carbons (Fsp3) is 0.100. The van der Waals surface area contributed by atoms with Crippen LogP contribution in [0.4, 0.5) is 0 Å². The van der Waals surface area contributed by atoms with Crippen LogP contribution in [0.15, 0.2) is 27.4 Å². The maximum atomic E-state index is 11.3. The van der Waals surface area contributed by atoms with Crippen LogP contribution in [0, 0.1) is 6.92 Å². The summed E-state index contributed by atoms with van der Waals surface area (Å²) in [4.78, 5) is 11.3. The summed E-state index contributed by atoms with van der Waals surface area (Å²) in [6.45, 7) is 1.50. The fourth-order valence-electron chi connectivity index (χ4n) is 1.68. The van der Waals surface area contributed by atoms with E-state index in [9.17, 15) is 21.6 Å². The zero-order valence-electron chi connectivity index (χ0n) is 12.7. The Morgan fingerprint density at radius 3 is 1.83 bits per heavy atom. The summed E-state index contributed by atoms with van der Waals surface area (Å²) < 4.78 is 73.6. The minimum Gasteiger partial charge on any atom is -0.423 e. The molecule has 0 aliphatic rings. The number of hydrogen-bond donors (Lipinski definition) is 2. The molecule has 2 radical (unpaired) electrons. The summed E-state index contributed by atoms with van der Waals surface area (Å²) in [6.07, 6.45) is 0. The Morgan fingerprint density at radius 1 is 0.917 bits per heavy atom. The van der Waals surface area contributed by atoms with Gasteiger partial charge in [0.15, 0.2) is 11.5 Å². The minimum absolute atomic E-state index is 0. The first-order valence-electron chi connectivity index (χ1n) is 5.37. The van der Waals surface area contributed by atoms with Crippen LogP contribution in [0.5, 0.6) is 11.5 Å². The van der Waals surface area contributed by atoms with E-state index in [4.69, 9.17) is 13.5 Å². The predicted molar refractivity (Wildman–Crippen MR) is 83.1 cm³/mol. The van der Waals surface area contributed by atoms with Crippen molar-refractivity contribution in [3.8, 4) is 11.5 Å². The van der Waals surface area contributed by atoms with Gasteiger partial charge in [-0.1, -0.05) is 0 Å². The second-order valence-corrected chi connectivity index (χ2v) is 6.11. The standard InChI is InChI=1S/C10H8O10S2.2Na/c1-5-2-10(11)18-7-4-9(20-22(15,16)17)8(3-6(5)7)19-21(12,13)14;;/h2-4H,1H3,(H,12,13,14)(H,15,16,17);;. The van der Waals surface area contributed by atoms with E-state index in [1.807, 2.05) is 0 Å². The molecule has 2 rings (SSSR count). The van der Waals surface area contributed by atoms with E-state index in [0.717, 1.165) is 18.2 Å². The number of benzene rings is 1. The average molecular weight is 398 g/mol. The topological polar surface area (TPSA) is 157 Å². The molecule has 0 amide bonds. The van der Waals surface area contributed by atoms with Crippen molar-refractivity contribution in [1.82, 2.24) is 0 Å². The first kappa shape index (κ1) is 23.9. The molecule has 0 aliphatic heterocycles. The van der Waals surface area contributed by atoms with Gasteiger partial charge in [-0.3, -0.25) is 9.11 Å². The second-order valence-electron chi connectivity index (χ2n) is 4.07. The van der Waals surface area contributed by atoms with Crippen molar-refractivity contribution in [2.45, 2.75) is 6.92 Å². The van der Waals surface area contributed by atoms with Gasteiger partial charge in [0.05, 0.1) is 0 Å². The van der Waals surface area contributed by atoms with Crippen molar-refractivity contribution in [3.63, 3.8) is 0 Å². The Labute approximate surface area is 180 Å². The molecule has 0 unspecified atom stereocenters. The zero-order valence-corrected chi connectivity index (χ0v) is 18.3. The molecule has 0 aliphatic carbocycles. The first-order chi connectivity index (χ1) is 9.94. The van der Waals surface area contributed by atoms with Crippen molar-refractivity contribution in [1.29, 1.82) is 0 Å².